The molecule has 0 aromatic carbocycles. The van der Waals surface area contributed by atoms with Crippen LogP contribution in [0.1, 0.15) is 59.3 Å². The van der Waals surface area contributed by atoms with Gasteiger partial charge in [-0.05, 0) is 18.3 Å². The third kappa shape index (κ3) is 4.69. The molecule has 1 aliphatic rings. The van der Waals surface area contributed by atoms with Crippen LogP contribution in [0.15, 0.2) is 0 Å². The minimum Gasteiger partial charge on any atom is -0.480 e. The van der Waals surface area contributed by atoms with E-state index in [-0.39, 0.29) is 12.1 Å². The summed E-state index contributed by atoms with van der Waals surface area (Å²) in [5, 5.41) is 11.9. The number of carbonyl (C=O) groups is 2. The number of nitrogens with zero attached hydrogens (tertiary/aromatic N) is 1. The molecule has 1 rings (SSSR count). The maximum Gasteiger partial charge on any atom is 0.326 e. The molecular formula is C15H28N2O3. The van der Waals surface area contributed by atoms with E-state index in [1.165, 1.54) is 12.8 Å². The molecule has 5 nitrogen and oxygen atoms in total. The van der Waals surface area contributed by atoms with Gasteiger partial charge in [0, 0.05) is 13.1 Å². The summed E-state index contributed by atoms with van der Waals surface area (Å²) < 4.78 is 0. The van der Waals surface area contributed by atoms with Crippen molar-refractivity contribution in [1.82, 2.24) is 10.2 Å². The van der Waals surface area contributed by atoms with Gasteiger partial charge in [-0.15, -0.1) is 0 Å². The van der Waals surface area contributed by atoms with Crippen LogP contribution in [0.5, 0.6) is 0 Å². The van der Waals surface area contributed by atoms with E-state index in [0.29, 0.717) is 0 Å². The number of rotatable bonds is 3. The van der Waals surface area contributed by atoms with Crippen molar-refractivity contribution in [2.75, 3.05) is 7.05 Å². The molecule has 0 unspecified atom stereocenters. The smallest absolute Gasteiger partial charge is 0.326 e. The number of carboxylic acids is 1. The normalized spacial score (nSPS) is 19.0. The number of urea groups is 1. The molecule has 0 saturated heterocycles. The molecule has 0 radical (unpaired) electrons. The third-order valence-electron chi connectivity index (χ3n) is 4.07. The number of aliphatic carboxylic acids is 1. The second-order valence-corrected chi connectivity index (χ2v) is 6.84. The van der Waals surface area contributed by atoms with E-state index in [1.807, 2.05) is 20.8 Å². The van der Waals surface area contributed by atoms with Crippen LogP contribution in [0.3, 0.4) is 0 Å². The lowest BCUT2D eigenvalue weighted by atomic mass is 9.87. The van der Waals surface area contributed by atoms with Gasteiger partial charge in [0.15, 0.2) is 0 Å². The van der Waals surface area contributed by atoms with Crippen molar-refractivity contribution in [2.24, 2.45) is 5.41 Å². The largest absolute Gasteiger partial charge is 0.480 e. The first kappa shape index (κ1) is 16.8. The molecule has 2 N–H and O–H groups in total. The van der Waals surface area contributed by atoms with Crippen molar-refractivity contribution in [3.8, 4) is 0 Å². The van der Waals surface area contributed by atoms with Crippen molar-refractivity contribution < 1.29 is 14.7 Å². The first-order chi connectivity index (χ1) is 9.23. The van der Waals surface area contributed by atoms with Crippen molar-refractivity contribution in [1.29, 1.82) is 0 Å². The monoisotopic (exact) mass is 284 g/mol. The Morgan fingerprint density at radius 2 is 1.65 bits per heavy atom. The van der Waals surface area contributed by atoms with Crippen LogP contribution in [0.2, 0.25) is 0 Å². The molecule has 0 aromatic rings. The number of hydrogen-bond donors (Lipinski definition) is 2. The Balaban J connectivity index is 2.65. The zero-order valence-corrected chi connectivity index (χ0v) is 13.1. The van der Waals surface area contributed by atoms with E-state index >= 15 is 0 Å². The zero-order chi connectivity index (χ0) is 15.3. The number of carbonyl (C=O) groups excluding carboxylic acids is 1. The summed E-state index contributed by atoms with van der Waals surface area (Å²) in [5.41, 5.74) is -0.508. The number of hydrogen-bond acceptors (Lipinski definition) is 2. The van der Waals surface area contributed by atoms with Crippen LogP contribution in [0.4, 0.5) is 4.79 Å². The highest BCUT2D eigenvalue weighted by Crippen LogP contribution is 2.23. The molecule has 0 spiro atoms. The van der Waals surface area contributed by atoms with Crippen molar-refractivity contribution in [3.63, 3.8) is 0 Å². The molecule has 0 bridgehead atoms. The lowest BCUT2D eigenvalue weighted by Gasteiger charge is -2.32. The Kier molecular flexibility index (Phi) is 5.84. The summed E-state index contributed by atoms with van der Waals surface area (Å²) >= 11 is 0. The predicted molar refractivity (Wildman–Crippen MR) is 78.7 cm³/mol. The van der Waals surface area contributed by atoms with Gasteiger partial charge in [0.25, 0.3) is 0 Å². The van der Waals surface area contributed by atoms with Crippen molar-refractivity contribution in [3.05, 3.63) is 0 Å². The first-order valence-electron chi connectivity index (χ1n) is 7.49. The zero-order valence-electron chi connectivity index (χ0n) is 13.1. The second-order valence-electron chi connectivity index (χ2n) is 6.84. The quantitative estimate of drug-likeness (QED) is 0.783. The standard InChI is InChI=1S/C15H28N2O3/c1-15(2,3)12(13(18)19)16-14(20)17(4)11-9-7-5-6-8-10-11/h11-12H,5-10H2,1-4H3,(H,16,20)(H,18,19)/t12-/m1/s1. The van der Waals surface area contributed by atoms with E-state index in [0.717, 1.165) is 25.7 Å². The molecule has 2 amide bonds. The van der Waals surface area contributed by atoms with Crippen LogP contribution in [0.25, 0.3) is 0 Å². The minimum absolute atomic E-state index is 0.229. The Morgan fingerprint density at radius 3 is 2.05 bits per heavy atom. The highest BCUT2D eigenvalue weighted by molar-refractivity contribution is 5.83. The van der Waals surface area contributed by atoms with Crippen LogP contribution in [-0.2, 0) is 4.79 Å². The molecule has 1 atom stereocenters. The summed E-state index contributed by atoms with van der Waals surface area (Å²) in [4.78, 5) is 25.3. The van der Waals surface area contributed by atoms with E-state index < -0.39 is 17.4 Å². The van der Waals surface area contributed by atoms with Crippen molar-refractivity contribution in [2.45, 2.75) is 71.4 Å². The maximum absolute atomic E-state index is 12.3. The van der Waals surface area contributed by atoms with Gasteiger partial charge in [-0.1, -0.05) is 46.5 Å². The highest BCUT2D eigenvalue weighted by atomic mass is 16.4. The molecule has 0 aromatic heterocycles. The lowest BCUT2D eigenvalue weighted by Crippen LogP contribution is -2.54. The van der Waals surface area contributed by atoms with Gasteiger partial charge in [0.2, 0.25) is 0 Å². The Labute approximate surface area is 121 Å². The predicted octanol–water partition coefficient (Wildman–Crippen LogP) is 2.85. The molecule has 1 aliphatic carbocycles. The molecule has 1 fully saturated rings. The maximum atomic E-state index is 12.3. The fourth-order valence-corrected chi connectivity index (χ4v) is 2.68. The fourth-order valence-electron chi connectivity index (χ4n) is 2.68. The average molecular weight is 284 g/mol. The average Bonchev–Trinajstić information content (AvgIpc) is 2.61. The second kappa shape index (κ2) is 6.95. The summed E-state index contributed by atoms with van der Waals surface area (Å²) in [7, 11) is 1.77. The molecule has 0 heterocycles. The first-order valence-corrected chi connectivity index (χ1v) is 7.49. The van der Waals surface area contributed by atoms with Crippen LogP contribution in [0, 0.1) is 5.41 Å². The van der Waals surface area contributed by atoms with Gasteiger partial charge in [-0.2, -0.15) is 0 Å². The minimum atomic E-state index is -0.986. The van der Waals surface area contributed by atoms with Crippen LogP contribution >= 0.6 is 0 Å². The molecule has 20 heavy (non-hydrogen) atoms. The Bertz CT molecular complexity index is 342. The van der Waals surface area contributed by atoms with E-state index in [2.05, 4.69) is 5.32 Å². The van der Waals surface area contributed by atoms with Crippen LogP contribution in [-0.4, -0.2) is 41.1 Å². The fraction of sp³-hybridized carbons (Fsp3) is 0.867. The van der Waals surface area contributed by atoms with Gasteiger partial charge in [0.1, 0.15) is 6.04 Å². The lowest BCUT2D eigenvalue weighted by molar-refractivity contribution is -0.142. The number of carboxylic acid groups (broad SMARTS) is 1. The van der Waals surface area contributed by atoms with E-state index in [1.54, 1.807) is 11.9 Å². The van der Waals surface area contributed by atoms with Gasteiger partial charge in [0.05, 0.1) is 0 Å². The third-order valence-corrected chi connectivity index (χ3v) is 4.07. The topological polar surface area (TPSA) is 69.6 Å². The Morgan fingerprint density at radius 1 is 1.15 bits per heavy atom. The Hall–Kier alpha value is -1.26. The van der Waals surface area contributed by atoms with Gasteiger partial charge in [-0.25, -0.2) is 9.59 Å². The summed E-state index contributed by atoms with van der Waals surface area (Å²) in [6.07, 6.45) is 6.76. The van der Waals surface area contributed by atoms with Crippen molar-refractivity contribution >= 4 is 12.0 Å². The summed E-state index contributed by atoms with van der Waals surface area (Å²) in [5.74, 6) is -0.986. The summed E-state index contributed by atoms with van der Waals surface area (Å²) in [6, 6.07) is -0.922. The van der Waals surface area contributed by atoms with E-state index in [9.17, 15) is 14.7 Å². The van der Waals surface area contributed by atoms with E-state index in [4.69, 9.17) is 0 Å². The molecule has 0 aliphatic heterocycles. The molecule has 5 heteroatoms. The SMILES string of the molecule is CN(C(=O)N[C@H](C(=O)O)C(C)(C)C)C1CCCCCC1. The number of amides is 2. The van der Waals surface area contributed by atoms with Gasteiger partial charge >= 0.3 is 12.0 Å². The summed E-state index contributed by atoms with van der Waals surface area (Å²) in [6.45, 7) is 5.45. The van der Waals surface area contributed by atoms with Gasteiger partial charge < -0.3 is 15.3 Å². The molecule has 1 saturated carbocycles. The van der Waals surface area contributed by atoms with Gasteiger partial charge in [-0.3, -0.25) is 0 Å². The molecular weight excluding hydrogens is 256 g/mol. The molecule has 116 valence electrons. The highest BCUT2D eigenvalue weighted by Gasteiger charge is 2.34. The van der Waals surface area contributed by atoms with Crippen LogP contribution < -0.4 is 5.32 Å². The number of nitrogens with one attached hydrogen (secondary N) is 1.